The van der Waals surface area contributed by atoms with E-state index < -0.39 is 0 Å². The highest BCUT2D eigenvalue weighted by atomic mass is 19.1. The standard InChI is InChI=1S/C19H20FN7O/c1-3-4-14-10-17(28)27-19(22-14)23-18(25-27)21-11-13-9-12(5-6-15(13)20)16-7-8-26(2)24-16/h5-10H,3-4,11H2,1-2H3,(H2,21,22,23,25). The van der Waals surface area contributed by atoms with Crippen molar-refractivity contribution in [3.63, 3.8) is 0 Å². The smallest absolute Gasteiger partial charge is 0.275 e. The Morgan fingerprint density at radius 1 is 1.21 bits per heavy atom. The number of anilines is 1. The Bertz CT molecular complexity index is 1190. The second kappa shape index (κ2) is 7.26. The fourth-order valence-corrected chi connectivity index (χ4v) is 3.03. The lowest BCUT2D eigenvalue weighted by molar-refractivity contribution is 0.613. The summed E-state index contributed by atoms with van der Waals surface area (Å²) in [5.74, 6) is 0.281. The average Bonchev–Trinajstić information content (AvgIpc) is 3.28. The van der Waals surface area contributed by atoms with Crippen molar-refractivity contribution < 1.29 is 4.39 Å². The molecule has 0 bridgehead atoms. The van der Waals surface area contributed by atoms with Gasteiger partial charge in [-0.25, -0.2) is 4.39 Å². The van der Waals surface area contributed by atoms with Gasteiger partial charge in [0.2, 0.25) is 11.7 Å². The molecular formula is C19H20FN7O. The largest absolute Gasteiger partial charge is 0.349 e. The average molecular weight is 381 g/mol. The van der Waals surface area contributed by atoms with Crippen molar-refractivity contribution >= 4 is 11.7 Å². The van der Waals surface area contributed by atoms with E-state index in [0.717, 1.165) is 29.8 Å². The van der Waals surface area contributed by atoms with Gasteiger partial charge in [-0.2, -0.15) is 14.6 Å². The normalized spacial score (nSPS) is 11.2. The van der Waals surface area contributed by atoms with Crippen LogP contribution in [0.3, 0.4) is 0 Å². The third-order valence-electron chi connectivity index (χ3n) is 4.40. The first kappa shape index (κ1) is 17.9. The molecule has 0 saturated carbocycles. The molecule has 0 atom stereocenters. The molecular weight excluding hydrogens is 361 g/mol. The third kappa shape index (κ3) is 3.51. The van der Waals surface area contributed by atoms with Crippen LogP contribution in [0.1, 0.15) is 24.6 Å². The summed E-state index contributed by atoms with van der Waals surface area (Å²) >= 11 is 0. The van der Waals surface area contributed by atoms with Crippen LogP contribution in [-0.2, 0) is 20.0 Å². The van der Waals surface area contributed by atoms with E-state index in [0.29, 0.717) is 11.3 Å². The van der Waals surface area contributed by atoms with Crippen LogP contribution in [-0.4, -0.2) is 29.4 Å². The number of H-pyrrole nitrogens is 1. The maximum atomic E-state index is 14.2. The number of rotatable bonds is 6. The fraction of sp³-hybridized carbons (Fsp3) is 0.263. The van der Waals surface area contributed by atoms with E-state index >= 15 is 0 Å². The van der Waals surface area contributed by atoms with Crippen molar-refractivity contribution in [3.05, 3.63) is 64.0 Å². The van der Waals surface area contributed by atoms with Gasteiger partial charge in [0.15, 0.2) is 0 Å². The van der Waals surface area contributed by atoms with Crippen LogP contribution >= 0.6 is 0 Å². The summed E-state index contributed by atoms with van der Waals surface area (Å²) in [4.78, 5) is 19.6. The molecule has 0 amide bonds. The molecule has 0 aliphatic heterocycles. The number of hydrogen-bond donors (Lipinski definition) is 2. The molecule has 144 valence electrons. The van der Waals surface area contributed by atoms with Gasteiger partial charge in [-0.15, -0.1) is 5.10 Å². The zero-order valence-electron chi connectivity index (χ0n) is 15.6. The number of aromatic nitrogens is 6. The summed E-state index contributed by atoms with van der Waals surface area (Å²) in [6, 6.07) is 8.24. The minimum Gasteiger partial charge on any atom is -0.349 e. The van der Waals surface area contributed by atoms with Gasteiger partial charge >= 0.3 is 0 Å². The Morgan fingerprint density at radius 2 is 2.07 bits per heavy atom. The molecule has 1 aromatic carbocycles. The lowest BCUT2D eigenvalue weighted by Crippen LogP contribution is -2.15. The van der Waals surface area contributed by atoms with E-state index in [-0.39, 0.29) is 23.9 Å². The highest BCUT2D eigenvalue weighted by Gasteiger charge is 2.11. The number of fused-ring (bicyclic) bond motifs is 1. The molecule has 4 aromatic rings. The molecule has 0 spiro atoms. The summed E-state index contributed by atoms with van der Waals surface area (Å²) in [6.07, 6.45) is 3.51. The molecule has 3 heterocycles. The Hall–Kier alpha value is -3.49. The second-order valence-electron chi connectivity index (χ2n) is 6.59. The molecule has 8 nitrogen and oxygen atoms in total. The van der Waals surface area contributed by atoms with Gasteiger partial charge < -0.3 is 10.3 Å². The Balaban J connectivity index is 1.57. The number of hydrogen-bond acceptors (Lipinski definition) is 5. The highest BCUT2D eigenvalue weighted by molar-refractivity contribution is 5.60. The predicted octanol–water partition coefficient (Wildman–Crippen LogP) is 2.52. The van der Waals surface area contributed by atoms with Gasteiger partial charge in [-0.1, -0.05) is 13.3 Å². The van der Waals surface area contributed by atoms with Crippen molar-refractivity contribution in [1.82, 2.24) is 29.4 Å². The summed E-state index contributed by atoms with van der Waals surface area (Å²) in [6.45, 7) is 2.21. The van der Waals surface area contributed by atoms with Gasteiger partial charge in [0.1, 0.15) is 5.82 Å². The van der Waals surface area contributed by atoms with E-state index in [1.807, 2.05) is 26.2 Å². The van der Waals surface area contributed by atoms with E-state index in [4.69, 9.17) is 0 Å². The first-order valence-electron chi connectivity index (χ1n) is 9.05. The third-order valence-corrected chi connectivity index (χ3v) is 4.40. The first-order valence-corrected chi connectivity index (χ1v) is 9.05. The molecule has 0 radical (unpaired) electrons. The summed E-state index contributed by atoms with van der Waals surface area (Å²) in [5.41, 5.74) is 2.61. The number of aryl methyl sites for hydroxylation is 2. The van der Waals surface area contributed by atoms with Crippen LogP contribution in [0.25, 0.3) is 17.0 Å². The van der Waals surface area contributed by atoms with Crippen LogP contribution < -0.4 is 10.9 Å². The molecule has 0 unspecified atom stereocenters. The summed E-state index contributed by atoms with van der Waals surface area (Å²) < 4.78 is 17.1. The van der Waals surface area contributed by atoms with Gasteiger partial charge in [-0.05, 0) is 30.7 Å². The molecule has 28 heavy (non-hydrogen) atoms. The molecule has 0 saturated heterocycles. The minimum absolute atomic E-state index is 0.180. The zero-order chi connectivity index (χ0) is 19.7. The van der Waals surface area contributed by atoms with E-state index in [9.17, 15) is 9.18 Å². The molecule has 0 aliphatic carbocycles. The number of halogens is 1. The van der Waals surface area contributed by atoms with E-state index in [1.165, 1.54) is 16.6 Å². The maximum Gasteiger partial charge on any atom is 0.275 e. The predicted molar refractivity (Wildman–Crippen MR) is 104 cm³/mol. The van der Waals surface area contributed by atoms with Gasteiger partial charge in [0.05, 0.1) is 5.69 Å². The SMILES string of the molecule is CCCc1cc(=O)n2nc(NCc3cc(-c4ccn(C)n4)ccc3F)nc2[nH]1. The van der Waals surface area contributed by atoms with Crippen LogP contribution in [0.4, 0.5) is 10.3 Å². The lowest BCUT2D eigenvalue weighted by Gasteiger charge is -2.06. The molecule has 4 rings (SSSR count). The molecule has 0 fully saturated rings. The van der Waals surface area contributed by atoms with Crippen molar-refractivity contribution in [2.24, 2.45) is 7.05 Å². The van der Waals surface area contributed by atoms with Crippen molar-refractivity contribution in [2.75, 3.05) is 5.32 Å². The number of aromatic amines is 1. The van der Waals surface area contributed by atoms with E-state index in [2.05, 4.69) is 25.5 Å². The van der Waals surface area contributed by atoms with Crippen LogP contribution in [0.5, 0.6) is 0 Å². The quantitative estimate of drug-likeness (QED) is 0.535. The minimum atomic E-state index is -0.336. The lowest BCUT2D eigenvalue weighted by atomic mass is 10.1. The van der Waals surface area contributed by atoms with Gasteiger partial charge in [0, 0.05) is 42.7 Å². The second-order valence-corrected chi connectivity index (χ2v) is 6.59. The van der Waals surface area contributed by atoms with Crippen LogP contribution in [0, 0.1) is 5.82 Å². The molecule has 3 aromatic heterocycles. The topological polar surface area (TPSA) is 92.9 Å². The Morgan fingerprint density at radius 3 is 2.82 bits per heavy atom. The summed E-state index contributed by atoms with van der Waals surface area (Å²) in [7, 11) is 1.83. The van der Waals surface area contributed by atoms with Crippen molar-refractivity contribution in [2.45, 2.75) is 26.3 Å². The molecule has 2 N–H and O–H groups in total. The molecule has 0 aliphatic rings. The number of nitrogens with one attached hydrogen (secondary N) is 2. The van der Waals surface area contributed by atoms with Crippen LogP contribution in [0.15, 0.2) is 41.3 Å². The number of nitrogens with zero attached hydrogens (tertiary/aromatic N) is 5. The molecule has 9 heteroatoms. The van der Waals surface area contributed by atoms with Gasteiger partial charge in [-0.3, -0.25) is 9.48 Å². The Kier molecular flexibility index (Phi) is 4.64. The zero-order valence-corrected chi connectivity index (χ0v) is 15.6. The van der Waals surface area contributed by atoms with Gasteiger partial charge in [0.25, 0.3) is 5.56 Å². The number of benzene rings is 1. The summed E-state index contributed by atoms with van der Waals surface area (Å²) in [5, 5.41) is 11.5. The first-order chi connectivity index (χ1) is 13.5. The monoisotopic (exact) mass is 381 g/mol. The fourth-order valence-electron chi connectivity index (χ4n) is 3.03. The van der Waals surface area contributed by atoms with E-state index in [1.54, 1.807) is 16.8 Å². The van der Waals surface area contributed by atoms with Crippen molar-refractivity contribution in [3.8, 4) is 11.3 Å². The Labute approximate surface area is 160 Å². The van der Waals surface area contributed by atoms with Crippen LogP contribution in [0.2, 0.25) is 0 Å². The van der Waals surface area contributed by atoms with Crippen molar-refractivity contribution in [1.29, 1.82) is 0 Å². The maximum absolute atomic E-state index is 14.2. The highest BCUT2D eigenvalue weighted by Crippen LogP contribution is 2.21.